The molecule has 7 heteroatoms. The van der Waals surface area contributed by atoms with Crippen molar-refractivity contribution >= 4 is 0 Å². The van der Waals surface area contributed by atoms with Gasteiger partial charge in [0, 0.05) is 70.0 Å². The highest BCUT2D eigenvalue weighted by Crippen LogP contribution is 2.61. The minimum atomic E-state index is 0.432. The molecule has 0 aromatic carbocycles. The monoisotopic (exact) mass is 558 g/mol. The molecule has 0 spiro atoms. The average Bonchev–Trinajstić information content (AvgIpc) is 3.65. The second-order valence-electron chi connectivity index (χ2n) is 15.1. The molecule has 8 unspecified atom stereocenters. The molecule has 6 heterocycles. The highest BCUT2D eigenvalue weighted by molar-refractivity contribution is 5.14. The maximum Gasteiger partial charge on any atom is 0.0348 e. The smallest absolute Gasteiger partial charge is 0.0348 e. The summed E-state index contributed by atoms with van der Waals surface area (Å²) in [6, 6.07) is 2.98. The molecular weight excluding hydrogens is 494 g/mol. The van der Waals surface area contributed by atoms with Crippen LogP contribution in [0, 0.1) is 35.0 Å². The summed E-state index contributed by atoms with van der Waals surface area (Å²) < 4.78 is 0. The van der Waals surface area contributed by atoms with Crippen molar-refractivity contribution in [1.29, 1.82) is 0 Å². The van der Waals surface area contributed by atoms with Gasteiger partial charge in [0.25, 0.3) is 0 Å². The lowest BCUT2D eigenvalue weighted by Gasteiger charge is -2.65. The van der Waals surface area contributed by atoms with Gasteiger partial charge in [0.1, 0.15) is 0 Å². The van der Waals surface area contributed by atoms with Crippen molar-refractivity contribution in [1.82, 2.24) is 35.1 Å². The van der Waals surface area contributed by atoms with E-state index in [0.717, 1.165) is 47.7 Å². The first-order chi connectivity index (χ1) is 19.4. The molecule has 8 atom stereocenters. The normalized spacial score (nSPS) is 39.4. The van der Waals surface area contributed by atoms with E-state index in [9.17, 15) is 0 Å². The molecule has 2 N–H and O–H groups in total. The Balaban J connectivity index is 1.39. The maximum atomic E-state index is 3.70. The quantitative estimate of drug-likeness (QED) is 0.381. The minimum Gasteiger partial charge on any atom is -0.315 e. The van der Waals surface area contributed by atoms with Crippen LogP contribution >= 0.6 is 0 Å². The third-order valence-corrected chi connectivity index (χ3v) is 13.3. The van der Waals surface area contributed by atoms with Crippen LogP contribution in [0.3, 0.4) is 0 Å². The van der Waals surface area contributed by atoms with Crippen molar-refractivity contribution < 1.29 is 0 Å². The summed E-state index contributed by atoms with van der Waals surface area (Å²) in [4.78, 5) is 13.9. The predicted molar refractivity (Wildman–Crippen MR) is 167 cm³/mol. The lowest BCUT2D eigenvalue weighted by Crippen LogP contribution is -2.72. The van der Waals surface area contributed by atoms with E-state index in [0.29, 0.717) is 11.5 Å². The molecule has 0 amide bonds. The molecule has 0 aromatic rings. The second-order valence-corrected chi connectivity index (χ2v) is 15.1. The molecular formula is C33H63N7. The van der Waals surface area contributed by atoms with Crippen molar-refractivity contribution in [2.45, 2.75) is 77.5 Å². The zero-order valence-electron chi connectivity index (χ0n) is 27.0. The molecule has 230 valence electrons. The fraction of sp³-hybridized carbons (Fsp3) is 1.00. The van der Waals surface area contributed by atoms with Crippen molar-refractivity contribution in [2.75, 3.05) is 99.2 Å². The van der Waals surface area contributed by atoms with E-state index in [-0.39, 0.29) is 0 Å². The van der Waals surface area contributed by atoms with E-state index in [1.807, 2.05) is 0 Å². The summed E-state index contributed by atoms with van der Waals surface area (Å²) in [5.41, 5.74) is 0.432. The number of likely N-dealkylation sites (tertiary alicyclic amines) is 4. The van der Waals surface area contributed by atoms with E-state index < -0.39 is 0 Å². The molecule has 0 bridgehead atoms. The molecule has 6 aliphatic heterocycles. The SMILES string of the molecule is CCN1CC(C(C2CN(C3CNC3)C2C)C(CCN(C)C)(C2CCN(CC)C2)C2CCN(C3CCNC3)C2C)C1. The zero-order chi connectivity index (χ0) is 28.0. The first-order valence-electron chi connectivity index (χ1n) is 17.4. The van der Waals surface area contributed by atoms with Gasteiger partial charge in [0.15, 0.2) is 0 Å². The third-order valence-electron chi connectivity index (χ3n) is 13.3. The first-order valence-corrected chi connectivity index (χ1v) is 17.4. The molecule has 0 aromatic heterocycles. The number of nitrogens with one attached hydrogen (secondary N) is 2. The molecule has 40 heavy (non-hydrogen) atoms. The van der Waals surface area contributed by atoms with Gasteiger partial charge in [-0.25, -0.2) is 0 Å². The molecule has 0 radical (unpaired) electrons. The molecule has 6 fully saturated rings. The topological polar surface area (TPSA) is 40.3 Å². The molecule has 6 saturated heterocycles. The van der Waals surface area contributed by atoms with Gasteiger partial charge in [-0.15, -0.1) is 0 Å². The first kappa shape index (κ1) is 29.8. The Morgan fingerprint density at radius 1 is 0.800 bits per heavy atom. The van der Waals surface area contributed by atoms with E-state index in [1.165, 1.54) is 111 Å². The van der Waals surface area contributed by atoms with Crippen LogP contribution in [0.5, 0.6) is 0 Å². The van der Waals surface area contributed by atoms with Gasteiger partial charge in [0.2, 0.25) is 0 Å². The van der Waals surface area contributed by atoms with Crippen LogP contribution in [0.15, 0.2) is 0 Å². The second kappa shape index (κ2) is 12.4. The van der Waals surface area contributed by atoms with Crippen LogP contribution in [0.4, 0.5) is 0 Å². The molecule has 6 rings (SSSR count). The Labute approximate surface area is 246 Å². The van der Waals surface area contributed by atoms with Gasteiger partial charge in [0.05, 0.1) is 0 Å². The van der Waals surface area contributed by atoms with Gasteiger partial charge in [-0.1, -0.05) is 13.8 Å². The number of hydrogen-bond donors (Lipinski definition) is 2. The largest absolute Gasteiger partial charge is 0.315 e. The Morgan fingerprint density at radius 2 is 1.55 bits per heavy atom. The molecule has 6 aliphatic rings. The number of nitrogens with zero attached hydrogens (tertiary/aromatic N) is 5. The van der Waals surface area contributed by atoms with Crippen LogP contribution < -0.4 is 10.6 Å². The fourth-order valence-electron chi connectivity index (χ4n) is 10.8. The zero-order valence-corrected chi connectivity index (χ0v) is 27.0. The van der Waals surface area contributed by atoms with E-state index in [1.54, 1.807) is 0 Å². The molecule has 7 nitrogen and oxygen atoms in total. The van der Waals surface area contributed by atoms with Crippen molar-refractivity contribution in [3.8, 4) is 0 Å². The fourth-order valence-corrected chi connectivity index (χ4v) is 10.8. The summed E-state index contributed by atoms with van der Waals surface area (Å²) in [5, 5.41) is 7.26. The van der Waals surface area contributed by atoms with Gasteiger partial charge in [-0.05, 0) is 128 Å². The third kappa shape index (κ3) is 5.22. The Kier molecular flexibility index (Phi) is 9.21. The lowest BCUT2D eigenvalue weighted by atomic mass is 9.47. The summed E-state index contributed by atoms with van der Waals surface area (Å²) >= 11 is 0. The lowest BCUT2D eigenvalue weighted by molar-refractivity contribution is -0.165. The van der Waals surface area contributed by atoms with Crippen molar-refractivity contribution in [3.63, 3.8) is 0 Å². The molecule has 0 aliphatic carbocycles. The summed E-state index contributed by atoms with van der Waals surface area (Å²) in [6.07, 6.45) is 5.59. The van der Waals surface area contributed by atoms with Gasteiger partial charge in [-0.2, -0.15) is 0 Å². The van der Waals surface area contributed by atoms with Crippen LogP contribution in [0.25, 0.3) is 0 Å². The summed E-state index contributed by atoms with van der Waals surface area (Å²) in [5.74, 6) is 4.25. The van der Waals surface area contributed by atoms with E-state index in [4.69, 9.17) is 0 Å². The van der Waals surface area contributed by atoms with Crippen molar-refractivity contribution in [3.05, 3.63) is 0 Å². The number of hydrogen-bond acceptors (Lipinski definition) is 7. The highest BCUT2D eigenvalue weighted by Gasteiger charge is 2.63. The summed E-state index contributed by atoms with van der Waals surface area (Å²) in [6.45, 7) is 26.6. The number of rotatable bonds is 12. The van der Waals surface area contributed by atoms with E-state index in [2.05, 4.69) is 76.9 Å². The van der Waals surface area contributed by atoms with E-state index >= 15 is 0 Å². The van der Waals surface area contributed by atoms with Crippen LogP contribution in [-0.4, -0.2) is 148 Å². The van der Waals surface area contributed by atoms with Crippen molar-refractivity contribution in [2.24, 2.45) is 35.0 Å². The van der Waals surface area contributed by atoms with Gasteiger partial charge >= 0.3 is 0 Å². The maximum absolute atomic E-state index is 3.70. The highest BCUT2D eigenvalue weighted by atomic mass is 15.3. The molecule has 0 saturated carbocycles. The Hall–Kier alpha value is -0.280. The Bertz CT molecular complexity index is 822. The summed E-state index contributed by atoms with van der Waals surface area (Å²) in [7, 11) is 4.67. The van der Waals surface area contributed by atoms with Crippen LogP contribution in [0.2, 0.25) is 0 Å². The predicted octanol–water partition coefficient (Wildman–Crippen LogP) is 2.20. The minimum absolute atomic E-state index is 0.432. The van der Waals surface area contributed by atoms with Gasteiger partial charge < -0.3 is 25.3 Å². The average molecular weight is 558 g/mol. The van der Waals surface area contributed by atoms with Crippen LogP contribution in [-0.2, 0) is 0 Å². The standard InChI is InChI=1S/C33H63N7/c1-7-37-14-10-27(22-37)33(12-16-36(5)6,31-11-15-39(25(31)4)28-9-13-34-17-28)32(26-20-38(8-2)21-26)30-23-40(24(30)3)29-18-35-19-29/h24-32,34-35H,7-23H2,1-6H3. The Morgan fingerprint density at radius 3 is 2.12 bits per heavy atom. The van der Waals surface area contributed by atoms with Gasteiger partial charge in [-0.3, -0.25) is 9.80 Å². The van der Waals surface area contributed by atoms with Crippen LogP contribution in [0.1, 0.15) is 53.4 Å².